The van der Waals surface area contributed by atoms with Crippen LogP contribution < -0.4 is 0 Å². The number of nitrogens with zero attached hydrogens (tertiary/aromatic N) is 1. The first-order chi connectivity index (χ1) is 19.9. The van der Waals surface area contributed by atoms with Crippen molar-refractivity contribution < 1.29 is 19.4 Å². The van der Waals surface area contributed by atoms with Gasteiger partial charge >= 0.3 is 0 Å². The highest BCUT2D eigenvalue weighted by molar-refractivity contribution is 6.02. The average molecular weight is 581 g/mol. The standard InChI is InChI=1S/C37H74NO3/c1-5-8-10-12-14-16-18-20-22-24-26-28-30-32-36(39)35(34-38(4,41)7-3)37(40)33-31-29-27-25-23-21-19-17-15-13-11-9-6-2/h35,41H,5-34H2,1-4H3/q+1. The van der Waals surface area contributed by atoms with Crippen molar-refractivity contribution >= 4 is 11.6 Å². The molecule has 0 bridgehead atoms. The lowest BCUT2D eigenvalue weighted by Crippen LogP contribution is -2.47. The van der Waals surface area contributed by atoms with Gasteiger partial charge in [-0.25, -0.2) is 5.21 Å². The Bertz CT molecular complexity index is 547. The van der Waals surface area contributed by atoms with E-state index in [0.29, 0.717) is 19.4 Å². The number of hydrogen-bond donors (Lipinski definition) is 1. The fourth-order valence-electron chi connectivity index (χ4n) is 5.89. The predicted molar refractivity (Wildman–Crippen MR) is 178 cm³/mol. The third kappa shape index (κ3) is 26.6. The van der Waals surface area contributed by atoms with Crippen molar-refractivity contribution in [3.63, 3.8) is 0 Å². The van der Waals surface area contributed by atoms with Gasteiger partial charge in [-0.15, -0.1) is 0 Å². The number of carbonyl (C=O) groups excluding carboxylic acids is 2. The molecular formula is C37H74NO3+. The Balaban J connectivity index is 4.04. The van der Waals surface area contributed by atoms with E-state index in [2.05, 4.69) is 13.8 Å². The van der Waals surface area contributed by atoms with Crippen LogP contribution in [0.5, 0.6) is 0 Å². The van der Waals surface area contributed by atoms with Crippen molar-refractivity contribution in [3.8, 4) is 0 Å². The summed E-state index contributed by atoms with van der Waals surface area (Å²) in [5, 5.41) is 10.6. The first-order valence-corrected chi connectivity index (χ1v) is 18.5. The number of Topliss-reactive ketones (excluding diaryl/α,β-unsaturated/α-hetero) is 2. The smallest absolute Gasteiger partial charge is 0.149 e. The van der Waals surface area contributed by atoms with Crippen molar-refractivity contribution in [2.75, 3.05) is 20.1 Å². The highest BCUT2D eigenvalue weighted by atomic mass is 16.5. The summed E-state index contributed by atoms with van der Waals surface area (Å²) in [5.41, 5.74) is 0. The van der Waals surface area contributed by atoms with Crippen molar-refractivity contribution in [2.45, 2.75) is 201 Å². The van der Waals surface area contributed by atoms with E-state index in [-0.39, 0.29) is 22.8 Å². The molecule has 1 unspecified atom stereocenters. The van der Waals surface area contributed by atoms with Gasteiger partial charge in [-0.3, -0.25) is 9.59 Å². The van der Waals surface area contributed by atoms with Crippen LogP contribution in [0.4, 0.5) is 0 Å². The Morgan fingerprint density at radius 1 is 0.463 bits per heavy atom. The summed E-state index contributed by atoms with van der Waals surface area (Å²) in [6.07, 6.45) is 34.3. The van der Waals surface area contributed by atoms with Crippen LogP contribution in [0, 0.1) is 5.92 Å². The van der Waals surface area contributed by atoms with Crippen LogP contribution >= 0.6 is 0 Å². The number of quaternary nitrogens is 1. The minimum absolute atomic E-state index is 0.0552. The molecule has 0 aromatic carbocycles. The Morgan fingerprint density at radius 3 is 0.951 bits per heavy atom. The van der Waals surface area contributed by atoms with E-state index < -0.39 is 5.92 Å². The third-order valence-electron chi connectivity index (χ3n) is 9.09. The van der Waals surface area contributed by atoms with Gasteiger partial charge in [-0.2, -0.15) is 4.65 Å². The van der Waals surface area contributed by atoms with Gasteiger partial charge in [0, 0.05) is 12.8 Å². The van der Waals surface area contributed by atoms with Gasteiger partial charge in [0.15, 0.2) is 0 Å². The fourth-order valence-corrected chi connectivity index (χ4v) is 5.89. The van der Waals surface area contributed by atoms with Gasteiger partial charge in [0.2, 0.25) is 0 Å². The molecule has 0 spiro atoms. The van der Waals surface area contributed by atoms with E-state index in [9.17, 15) is 14.8 Å². The number of hydroxylamine groups is 3. The zero-order valence-corrected chi connectivity index (χ0v) is 28.5. The highest BCUT2D eigenvalue weighted by Crippen LogP contribution is 2.19. The minimum Gasteiger partial charge on any atom is -0.299 e. The van der Waals surface area contributed by atoms with Crippen LogP contribution in [-0.4, -0.2) is 41.6 Å². The molecule has 0 heterocycles. The third-order valence-corrected chi connectivity index (χ3v) is 9.09. The zero-order valence-electron chi connectivity index (χ0n) is 28.5. The largest absolute Gasteiger partial charge is 0.299 e. The Kier molecular flexibility index (Phi) is 28.8. The number of carbonyl (C=O) groups is 2. The summed E-state index contributed by atoms with van der Waals surface area (Å²) >= 11 is 0. The summed E-state index contributed by atoms with van der Waals surface area (Å²) in [5.74, 6) is -0.529. The van der Waals surface area contributed by atoms with Gasteiger partial charge in [0.05, 0.1) is 7.05 Å². The number of unbranched alkanes of at least 4 members (excludes halogenated alkanes) is 24. The van der Waals surface area contributed by atoms with Gasteiger partial charge < -0.3 is 0 Å². The lowest BCUT2D eigenvalue weighted by molar-refractivity contribution is -1.09. The van der Waals surface area contributed by atoms with E-state index in [1.54, 1.807) is 7.05 Å². The van der Waals surface area contributed by atoms with Crippen LogP contribution in [0.15, 0.2) is 0 Å². The average Bonchev–Trinajstić information content (AvgIpc) is 2.96. The van der Waals surface area contributed by atoms with Gasteiger partial charge in [0.25, 0.3) is 0 Å². The molecule has 4 heteroatoms. The number of ketones is 2. The predicted octanol–water partition coefficient (Wildman–Crippen LogP) is 11.6. The normalized spacial score (nSPS) is 13.1. The molecule has 0 fully saturated rings. The van der Waals surface area contributed by atoms with Crippen LogP contribution in [0.2, 0.25) is 0 Å². The first-order valence-electron chi connectivity index (χ1n) is 18.5. The summed E-state index contributed by atoms with van der Waals surface area (Å²) < 4.78 is -0.251. The second-order valence-electron chi connectivity index (χ2n) is 13.3. The zero-order chi connectivity index (χ0) is 30.4. The fraction of sp³-hybridized carbons (Fsp3) is 0.946. The summed E-state index contributed by atoms with van der Waals surface area (Å²) in [6, 6.07) is 0. The lowest BCUT2D eigenvalue weighted by Gasteiger charge is -2.27. The molecule has 0 radical (unpaired) electrons. The lowest BCUT2D eigenvalue weighted by atomic mass is 9.91. The Hall–Kier alpha value is -0.740. The van der Waals surface area contributed by atoms with Gasteiger partial charge in [0.1, 0.15) is 30.6 Å². The molecule has 4 nitrogen and oxygen atoms in total. The van der Waals surface area contributed by atoms with Crippen LogP contribution in [0.3, 0.4) is 0 Å². The molecule has 244 valence electrons. The topological polar surface area (TPSA) is 54.4 Å². The van der Waals surface area contributed by atoms with E-state index in [0.717, 1.165) is 25.7 Å². The molecule has 0 saturated carbocycles. The molecule has 41 heavy (non-hydrogen) atoms. The molecule has 1 N–H and O–H groups in total. The maximum absolute atomic E-state index is 13.1. The van der Waals surface area contributed by atoms with Crippen LogP contribution in [-0.2, 0) is 9.59 Å². The van der Waals surface area contributed by atoms with Gasteiger partial charge in [-0.05, 0) is 19.8 Å². The maximum Gasteiger partial charge on any atom is 0.149 e. The molecule has 0 amide bonds. The molecule has 0 aromatic rings. The van der Waals surface area contributed by atoms with Gasteiger partial charge in [-0.1, -0.05) is 168 Å². The van der Waals surface area contributed by atoms with Crippen molar-refractivity contribution in [3.05, 3.63) is 0 Å². The monoisotopic (exact) mass is 581 g/mol. The SMILES string of the molecule is CCCCCCCCCCCCCCCC(=O)C(C[N+](C)(O)CC)C(=O)CCCCCCCCCCCCCCC. The van der Waals surface area contributed by atoms with Crippen molar-refractivity contribution in [2.24, 2.45) is 5.92 Å². The van der Waals surface area contributed by atoms with E-state index in [1.807, 2.05) is 6.92 Å². The minimum atomic E-state index is -0.639. The summed E-state index contributed by atoms with van der Waals surface area (Å²) in [4.78, 5) is 26.1. The van der Waals surface area contributed by atoms with Crippen molar-refractivity contribution in [1.82, 2.24) is 0 Å². The molecule has 0 saturated heterocycles. The van der Waals surface area contributed by atoms with E-state index in [1.165, 1.54) is 141 Å². The molecule has 1 atom stereocenters. The summed E-state index contributed by atoms with van der Waals surface area (Å²) in [6.45, 7) is 7.18. The number of hydrogen-bond acceptors (Lipinski definition) is 3. The van der Waals surface area contributed by atoms with E-state index >= 15 is 0 Å². The number of rotatable bonds is 33. The molecule has 0 rings (SSSR count). The molecule has 0 aliphatic carbocycles. The van der Waals surface area contributed by atoms with Crippen molar-refractivity contribution in [1.29, 1.82) is 0 Å². The van der Waals surface area contributed by atoms with E-state index in [4.69, 9.17) is 0 Å². The Labute approximate surface area is 257 Å². The molecule has 0 aliphatic heterocycles. The molecule has 0 aromatic heterocycles. The quantitative estimate of drug-likeness (QED) is 0.0363. The second kappa shape index (κ2) is 29.3. The summed E-state index contributed by atoms with van der Waals surface area (Å²) in [7, 11) is 1.71. The highest BCUT2D eigenvalue weighted by Gasteiger charge is 2.33. The maximum atomic E-state index is 13.1. The molecule has 0 aliphatic rings. The first kappa shape index (κ1) is 40.3. The second-order valence-corrected chi connectivity index (χ2v) is 13.3. The van der Waals surface area contributed by atoms with Crippen LogP contribution in [0.25, 0.3) is 0 Å². The Morgan fingerprint density at radius 2 is 0.707 bits per heavy atom. The van der Waals surface area contributed by atoms with Crippen LogP contribution in [0.1, 0.15) is 201 Å². The molecular weight excluding hydrogens is 506 g/mol.